The van der Waals surface area contributed by atoms with Crippen LogP contribution in [0.5, 0.6) is 0 Å². The molecule has 6 aromatic rings. The molecular weight excluding hydrogens is 717 g/mol. The molecule has 3 saturated heterocycles. The molecule has 3 fully saturated rings. The van der Waals surface area contributed by atoms with E-state index in [1.165, 1.54) is 0 Å². The fraction of sp³-hybridized carbons (Fsp3) is 0. The van der Waals surface area contributed by atoms with Crippen LogP contribution in [0, 0.1) is 0 Å². The predicted molar refractivity (Wildman–Crippen MR) is 212 cm³/mol. The van der Waals surface area contributed by atoms with Crippen molar-refractivity contribution in [2.75, 3.05) is 0 Å². The molecule has 3 heterocycles. The van der Waals surface area contributed by atoms with Gasteiger partial charge in [-0.15, -0.1) is 13.2 Å². The zero-order chi connectivity index (χ0) is 34.8. The average Bonchev–Trinajstić information content (AvgIpc) is 3.20. The minimum absolute atomic E-state index is 0.857. The first-order chi connectivity index (χ1) is 25.0. The van der Waals surface area contributed by atoms with Gasteiger partial charge in [0.2, 0.25) is 0 Å². The highest BCUT2D eigenvalue weighted by molar-refractivity contribution is 7.13. The molecule has 0 N–H and O–H groups in total. The Morgan fingerprint density at radius 2 is 0.431 bits per heavy atom. The Morgan fingerprint density at radius 1 is 0.275 bits per heavy atom. The summed E-state index contributed by atoms with van der Waals surface area (Å²) in [6, 6.07) is 60.1. The first-order valence-electron chi connectivity index (χ1n) is 16.8. The number of hydrogen-bond donors (Lipinski definition) is 0. The molecule has 0 saturated carbocycles. The number of rotatable bonds is 8. The molecule has 3 aliphatic rings. The second-order valence-electron chi connectivity index (χ2n) is 12.3. The largest absolute Gasteiger partial charge is 0.503 e. The van der Waals surface area contributed by atoms with E-state index in [2.05, 4.69) is 13.2 Å². The number of fused-ring (bicyclic) bond motifs is 6. The third-order valence-corrected chi connectivity index (χ3v) is 30.4. The molecule has 6 aromatic carbocycles. The van der Waals surface area contributed by atoms with Crippen LogP contribution in [0.15, 0.2) is 207 Å². The van der Waals surface area contributed by atoms with Crippen molar-refractivity contribution in [3.8, 4) is 0 Å². The third kappa shape index (κ3) is 5.88. The summed E-state index contributed by atoms with van der Waals surface area (Å²) in [5, 5.41) is 5.14. The standard InChI is InChI=1S/C40H36O6Si5/c1-3-47-41-49(35-23-11-5-12-24-35,36-25-13-6-14-26-36)44-48(4-2,45-50(42-47,37-27-15-7-16-28-37)38-29-17-8-18-30-38)46-51(43-47,39-31-19-9-20-32-39)40-33-21-10-22-34-40/h3-34H,1-2H2. The van der Waals surface area contributed by atoms with Gasteiger partial charge in [0, 0.05) is 0 Å². The summed E-state index contributed by atoms with van der Waals surface area (Å²) >= 11 is 0. The SMILES string of the molecule is C=C[Si]12O[Si](c3ccccc3)(c3ccccc3)O[Si](C=C)(O[Si](c3ccccc3)(c3ccccc3)O1)O[Si](c1ccccc1)(c1ccccc1)O2. The van der Waals surface area contributed by atoms with Crippen molar-refractivity contribution in [1.29, 1.82) is 0 Å². The maximum atomic E-state index is 7.77. The summed E-state index contributed by atoms with van der Waals surface area (Å²) in [7, 11) is -19.8. The summed E-state index contributed by atoms with van der Waals surface area (Å²) in [6.07, 6.45) is 0. The molecule has 9 rings (SSSR count). The van der Waals surface area contributed by atoms with Gasteiger partial charge in [-0.2, -0.15) is 0 Å². The van der Waals surface area contributed by atoms with E-state index in [4.69, 9.17) is 24.7 Å². The molecule has 0 aliphatic carbocycles. The number of hydrogen-bond acceptors (Lipinski definition) is 6. The Labute approximate surface area is 304 Å². The van der Waals surface area contributed by atoms with Gasteiger partial charge in [0.1, 0.15) is 0 Å². The molecule has 0 radical (unpaired) electrons. The van der Waals surface area contributed by atoms with Crippen molar-refractivity contribution in [1.82, 2.24) is 0 Å². The monoisotopic (exact) mass is 752 g/mol. The molecule has 6 nitrogen and oxygen atoms in total. The van der Waals surface area contributed by atoms with E-state index in [9.17, 15) is 0 Å². The summed E-state index contributed by atoms with van der Waals surface area (Å²) in [5.74, 6) is 0. The second kappa shape index (κ2) is 13.6. The first kappa shape index (κ1) is 33.8. The fourth-order valence-electron chi connectivity index (χ4n) is 6.79. The van der Waals surface area contributed by atoms with Crippen LogP contribution in [-0.4, -0.2) is 43.3 Å². The minimum atomic E-state index is -4.19. The van der Waals surface area contributed by atoms with E-state index < -0.39 is 43.3 Å². The Balaban J connectivity index is 1.49. The lowest BCUT2D eigenvalue weighted by Gasteiger charge is -2.56. The smallest absolute Gasteiger partial charge is 0.384 e. The zero-order valence-electron chi connectivity index (χ0n) is 27.8. The Morgan fingerprint density at radius 3 is 0.569 bits per heavy atom. The van der Waals surface area contributed by atoms with Crippen LogP contribution in [0.3, 0.4) is 0 Å². The maximum absolute atomic E-state index is 7.77. The van der Waals surface area contributed by atoms with E-state index >= 15 is 0 Å². The van der Waals surface area contributed by atoms with Crippen molar-refractivity contribution < 1.29 is 24.7 Å². The lowest BCUT2D eigenvalue weighted by atomic mass is 10.4. The van der Waals surface area contributed by atoms with E-state index in [1.807, 2.05) is 182 Å². The maximum Gasteiger partial charge on any atom is 0.503 e. The van der Waals surface area contributed by atoms with Gasteiger partial charge in [-0.05, 0) is 42.5 Å². The Kier molecular flexibility index (Phi) is 9.04. The van der Waals surface area contributed by atoms with Crippen molar-refractivity contribution >= 4 is 74.4 Å². The van der Waals surface area contributed by atoms with Gasteiger partial charge in [-0.3, -0.25) is 0 Å². The quantitative estimate of drug-likeness (QED) is 0.218. The van der Waals surface area contributed by atoms with Crippen molar-refractivity contribution in [2.24, 2.45) is 0 Å². The third-order valence-electron chi connectivity index (χ3n) is 9.14. The van der Waals surface area contributed by atoms with Gasteiger partial charge >= 0.3 is 43.3 Å². The van der Waals surface area contributed by atoms with Crippen LogP contribution < -0.4 is 31.1 Å². The van der Waals surface area contributed by atoms with Gasteiger partial charge in [-0.1, -0.05) is 182 Å². The van der Waals surface area contributed by atoms with E-state index in [0.29, 0.717) is 0 Å². The van der Waals surface area contributed by atoms with Crippen molar-refractivity contribution in [2.45, 2.75) is 0 Å². The highest BCUT2D eigenvalue weighted by atomic mass is 28.6. The van der Waals surface area contributed by atoms with Crippen molar-refractivity contribution in [3.63, 3.8) is 0 Å². The van der Waals surface area contributed by atoms with Crippen LogP contribution >= 0.6 is 0 Å². The zero-order valence-corrected chi connectivity index (χ0v) is 32.8. The molecule has 0 spiro atoms. The number of benzene rings is 6. The fourth-order valence-corrected chi connectivity index (χ4v) is 33.7. The van der Waals surface area contributed by atoms with Crippen LogP contribution in [-0.2, 0) is 24.7 Å². The van der Waals surface area contributed by atoms with Crippen LogP contribution in [0.2, 0.25) is 0 Å². The lowest BCUT2D eigenvalue weighted by molar-refractivity contribution is 0.129. The van der Waals surface area contributed by atoms with Crippen LogP contribution in [0.25, 0.3) is 0 Å². The molecule has 2 bridgehead atoms. The average molecular weight is 753 g/mol. The molecule has 11 heteroatoms. The lowest BCUT2D eigenvalue weighted by Crippen LogP contribution is -2.88. The van der Waals surface area contributed by atoms with Crippen molar-refractivity contribution in [3.05, 3.63) is 207 Å². The topological polar surface area (TPSA) is 55.4 Å². The predicted octanol–water partition coefficient (Wildman–Crippen LogP) is 4.21. The van der Waals surface area contributed by atoms with E-state index in [0.717, 1.165) is 31.1 Å². The van der Waals surface area contributed by atoms with Crippen LogP contribution in [0.1, 0.15) is 0 Å². The Bertz CT molecular complexity index is 1720. The molecule has 252 valence electrons. The van der Waals surface area contributed by atoms with Gasteiger partial charge in [0.15, 0.2) is 0 Å². The van der Waals surface area contributed by atoms with E-state index in [1.54, 1.807) is 11.4 Å². The Hall–Kier alpha value is -4.36. The highest BCUT2D eigenvalue weighted by Gasteiger charge is 2.73. The van der Waals surface area contributed by atoms with Crippen LogP contribution in [0.4, 0.5) is 0 Å². The molecule has 0 amide bonds. The van der Waals surface area contributed by atoms with Gasteiger partial charge in [-0.25, -0.2) is 0 Å². The molecular formula is C40H36O6Si5. The van der Waals surface area contributed by atoms with Gasteiger partial charge in [0.05, 0.1) is 0 Å². The van der Waals surface area contributed by atoms with Gasteiger partial charge < -0.3 is 24.7 Å². The molecule has 0 unspecified atom stereocenters. The summed E-state index contributed by atoms with van der Waals surface area (Å²) in [6.45, 7) is 8.88. The summed E-state index contributed by atoms with van der Waals surface area (Å²) in [5.41, 5.74) is 3.48. The molecule has 51 heavy (non-hydrogen) atoms. The molecule has 0 aromatic heterocycles. The first-order valence-corrected chi connectivity index (χ1v) is 25.9. The van der Waals surface area contributed by atoms with E-state index in [-0.39, 0.29) is 0 Å². The summed E-state index contributed by atoms with van der Waals surface area (Å²) < 4.78 is 46.6. The highest BCUT2D eigenvalue weighted by Crippen LogP contribution is 2.39. The molecule has 0 atom stereocenters. The summed E-state index contributed by atoms with van der Waals surface area (Å²) in [4.78, 5) is 0. The minimum Gasteiger partial charge on any atom is -0.384 e. The molecule has 3 aliphatic heterocycles. The van der Waals surface area contributed by atoms with Gasteiger partial charge in [0.25, 0.3) is 0 Å². The normalized spacial score (nSPS) is 23.2. The second-order valence-corrected chi connectivity index (χ2v) is 27.6.